The topological polar surface area (TPSA) is 67.5 Å². The zero-order chi connectivity index (χ0) is 12.8. The molecule has 4 nitrogen and oxygen atoms in total. The van der Waals surface area contributed by atoms with E-state index in [0.717, 1.165) is 6.54 Å². The van der Waals surface area contributed by atoms with Crippen molar-refractivity contribution in [3.8, 4) is 5.75 Å². The van der Waals surface area contributed by atoms with Crippen molar-refractivity contribution in [1.29, 1.82) is 0 Å². The van der Waals surface area contributed by atoms with E-state index in [9.17, 15) is 5.11 Å². The molecule has 1 rings (SSSR count). The standard InChI is InChI=1S/C12H19ClN2O2/c1-15-6-5-11(14)12(16)9-4-3-8(17-2)7-10(9)13/h3-4,7,11-12,15-16H,5-6,14H2,1-2H3. The second-order valence-corrected chi connectivity index (χ2v) is 4.30. The van der Waals surface area contributed by atoms with Crippen LogP contribution in [0.5, 0.6) is 5.75 Å². The molecule has 5 heteroatoms. The van der Waals surface area contributed by atoms with Crippen LogP contribution in [0.1, 0.15) is 18.1 Å². The number of nitrogens with two attached hydrogens (primary N) is 1. The summed E-state index contributed by atoms with van der Waals surface area (Å²) in [7, 11) is 3.42. The van der Waals surface area contributed by atoms with Gasteiger partial charge in [0.15, 0.2) is 0 Å². The molecule has 1 aromatic rings. The highest BCUT2D eigenvalue weighted by molar-refractivity contribution is 6.31. The minimum absolute atomic E-state index is 0.339. The molecule has 4 N–H and O–H groups in total. The molecule has 0 aliphatic rings. The highest BCUT2D eigenvalue weighted by Crippen LogP contribution is 2.29. The molecule has 0 aliphatic carbocycles. The average molecular weight is 259 g/mol. The Kier molecular flexibility index (Phi) is 5.71. The molecule has 0 amide bonds. The number of benzene rings is 1. The van der Waals surface area contributed by atoms with E-state index in [1.165, 1.54) is 0 Å². The first-order valence-electron chi connectivity index (χ1n) is 5.51. The molecule has 2 unspecified atom stereocenters. The van der Waals surface area contributed by atoms with Crippen molar-refractivity contribution in [3.63, 3.8) is 0 Å². The Balaban J connectivity index is 2.77. The minimum Gasteiger partial charge on any atom is -0.497 e. The summed E-state index contributed by atoms with van der Waals surface area (Å²) in [5, 5.41) is 13.5. The number of aliphatic hydroxyl groups excluding tert-OH is 1. The molecular formula is C12H19ClN2O2. The fourth-order valence-electron chi connectivity index (χ4n) is 1.57. The Morgan fingerprint density at radius 2 is 2.24 bits per heavy atom. The number of methoxy groups -OCH3 is 1. The van der Waals surface area contributed by atoms with Gasteiger partial charge in [-0.2, -0.15) is 0 Å². The zero-order valence-electron chi connectivity index (χ0n) is 10.1. The van der Waals surface area contributed by atoms with E-state index in [0.29, 0.717) is 22.8 Å². The molecule has 17 heavy (non-hydrogen) atoms. The van der Waals surface area contributed by atoms with Crippen molar-refractivity contribution in [3.05, 3.63) is 28.8 Å². The summed E-state index contributed by atoms with van der Waals surface area (Å²) < 4.78 is 5.05. The van der Waals surface area contributed by atoms with Crippen molar-refractivity contribution in [1.82, 2.24) is 5.32 Å². The van der Waals surface area contributed by atoms with Gasteiger partial charge in [0.1, 0.15) is 5.75 Å². The quantitative estimate of drug-likeness (QED) is 0.720. The van der Waals surface area contributed by atoms with Gasteiger partial charge >= 0.3 is 0 Å². The summed E-state index contributed by atoms with van der Waals surface area (Å²) >= 11 is 6.07. The van der Waals surface area contributed by atoms with Gasteiger partial charge in [0, 0.05) is 11.6 Å². The molecule has 0 saturated heterocycles. The monoisotopic (exact) mass is 258 g/mol. The van der Waals surface area contributed by atoms with Gasteiger partial charge in [0.2, 0.25) is 0 Å². The highest BCUT2D eigenvalue weighted by Gasteiger charge is 2.19. The summed E-state index contributed by atoms with van der Waals surface area (Å²) in [6.45, 7) is 0.756. The van der Waals surface area contributed by atoms with Crippen molar-refractivity contribution in [2.75, 3.05) is 20.7 Å². The first-order chi connectivity index (χ1) is 8.10. The molecule has 2 atom stereocenters. The van der Waals surface area contributed by atoms with Gasteiger partial charge in [-0.05, 0) is 32.1 Å². The van der Waals surface area contributed by atoms with Crippen LogP contribution in [0.15, 0.2) is 18.2 Å². The van der Waals surface area contributed by atoms with E-state index < -0.39 is 6.10 Å². The number of hydrogen-bond donors (Lipinski definition) is 3. The van der Waals surface area contributed by atoms with E-state index in [1.54, 1.807) is 25.3 Å². The van der Waals surface area contributed by atoms with Crippen molar-refractivity contribution >= 4 is 11.6 Å². The van der Waals surface area contributed by atoms with Crippen LogP contribution in [0.3, 0.4) is 0 Å². The third-order valence-electron chi connectivity index (χ3n) is 2.66. The molecule has 0 aliphatic heterocycles. The van der Waals surface area contributed by atoms with Gasteiger partial charge < -0.3 is 20.9 Å². The Labute approximate surface area is 107 Å². The van der Waals surface area contributed by atoms with E-state index in [1.807, 2.05) is 7.05 Å². The van der Waals surface area contributed by atoms with Gasteiger partial charge in [-0.3, -0.25) is 0 Å². The normalized spacial score (nSPS) is 14.4. The van der Waals surface area contributed by atoms with E-state index in [2.05, 4.69) is 5.32 Å². The van der Waals surface area contributed by atoms with Gasteiger partial charge in [-0.1, -0.05) is 17.7 Å². The average Bonchev–Trinajstić information content (AvgIpc) is 2.34. The molecule has 0 fully saturated rings. The first-order valence-corrected chi connectivity index (χ1v) is 5.89. The number of aliphatic hydroxyl groups is 1. The number of ether oxygens (including phenoxy) is 1. The maximum absolute atomic E-state index is 10.1. The van der Waals surface area contributed by atoms with Crippen LogP contribution in [0.4, 0.5) is 0 Å². The summed E-state index contributed by atoms with van der Waals surface area (Å²) in [4.78, 5) is 0. The summed E-state index contributed by atoms with van der Waals surface area (Å²) in [6.07, 6.45) is -0.0817. The number of hydrogen-bond acceptors (Lipinski definition) is 4. The third kappa shape index (κ3) is 3.85. The molecule has 0 radical (unpaired) electrons. The van der Waals surface area contributed by atoms with Crippen LogP contribution in [0.2, 0.25) is 5.02 Å². The van der Waals surface area contributed by atoms with Gasteiger partial charge in [-0.15, -0.1) is 0 Å². The molecular weight excluding hydrogens is 240 g/mol. The SMILES string of the molecule is CNCCC(N)C(O)c1ccc(OC)cc1Cl. The van der Waals surface area contributed by atoms with E-state index >= 15 is 0 Å². The van der Waals surface area contributed by atoms with Crippen molar-refractivity contribution in [2.45, 2.75) is 18.6 Å². The van der Waals surface area contributed by atoms with Crippen LogP contribution in [0.25, 0.3) is 0 Å². The number of nitrogens with one attached hydrogen (secondary N) is 1. The summed E-state index contributed by atoms with van der Waals surface area (Å²) in [6, 6.07) is 4.83. The third-order valence-corrected chi connectivity index (χ3v) is 2.99. The summed E-state index contributed by atoms with van der Waals surface area (Å²) in [5.41, 5.74) is 6.53. The minimum atomic E-state index is -0.762. The van der Waals surface area contributed by atoms with Gasteiger partial charge in [0.25, 0.3) is 0 Å². The maximum atomic E-state index is 10.1. The molecule has 1 aromatic carbocycles. The number of rotatable bonds is 6. The fourth-order valence-corrected chi connectivity index (χ4v) is 1.86. The second kappa shape index (κ2) is 6.81. The van der Waals surface area contributed by atoms with Crippen LogP contribution >= 0.6 is 11.6 Å². The summed E-state index contributed by atoms with van der Waals surface area (Å²) in [5.74, 6) is 0.662. The molecule has 96 valence electrons. The molecule has 0 bridgehead atoms. The van der Waals surface area contributed by atoms with Crippen molar-refractivity contribution in [2.24, 2.45) is 5.73 Å². The predicted octanol–water partition coefficient (Wildman–Crippen LogP) is 1.32. The lowest BCUT2D eigenvalue weighted by Gasteiger charge is -2.20. The molecule has 0 saturated carbocycles. The Morgan fingerprint density at radius 1 is 1.53 bits per heavy atom. The van der Waals surface area contributed by atoms with Crippen LogP contribution < -0.4 is 15.8 Å². The molecule has 0 aromatic heterocycles. The van der Waals surface area contributed by atoms with Crippen molar-refractivity contribution < 1.29 is 9.84 Å². The van der Waals surface area contributed by atoms with E-state index in [-0.39, 0.29) is 6.04 Å². The second-order valence-electron chi connectivity index (χ2n) is 3.89. The molecule has 0 spiro atoms. The number of halogens is 1. The highest BCUT2D eigenvalue weighted by atomic mass is 35.5. The van der Waals surface area contributed by atoms with Gasteiger partial charge in [0.05, 0.1) is 18.2 Å². The Hall–Kier alpha value is -0.810. The lowest BCUT2D eigenvalue weighted by Crippen LogP contribution is -2.31. The largest absolute Gasteiger partial charge is 0.497 e. The lowest BCUT2D eigenvalue weighted by atomic mass is 10.0. The maximum Gasteiger partial charge on any atom is 0.120 e. The fraction of sp³-hybridized carbons (Fsp3) is 0.500. The Morgan fingerprint density at radius 3 is 2.76 bits per heavy atom. The van der Waals surface area contributed by atoms with Crippen LogP contribution in [0, 0.1) is 0 Å². The van der Waals surface area contributed by atoms with Crippen LogP contribution in [-0.2, 0) is 0 Å². The Bertz CT molecular complexity index is 360. The molecule has 0 heterocycles. The lowest BCUT2D eigenvalue weighted by molar-refractivity contribution is 0.142. The van der Waals surface area contributed by atoms with Gasteiger partial charge in [-0.25, -0.2) is 0 Å². The smallest absolute Gasteiger partial charge is 0.120 e. The van der Waals surface area contributed by atoms with E-state index in [4.69, 9.17) is 22.1 Å². The predicted molar refractivity (Wildman–Crippen MR) is 69.5 cm³/mol. The van der Waals surface area contributed by atoms with Crippen LogP contribution in [-0.4, -0.2) is 31.9 Å². The first kappa shape index (κ1) is 14.3. The zero-order valence-corrected chi connectivity index (χ0v) is 10.9.